The van der Waals surface area contributed by atoms with Crippen molar-refractivity contribution in [2.75, 3.05) is 19.0 Å². The summed E-state index contributed by atoms with van der Waals surface area (Å²) >= 11 is 0. The Morgan fingerprint density at radius 2 is 2.18 bits per heavy atom. The average molecular weight is 235 g/mol. The smallest absolute Gasteiger partial charge is 0.328 e. The first-order chi connectivity index (χ1) is 8.13. The molecular weight excluding hydrogens is 218 g/mol. The summed E-state index contributed by atoms with van der Waals surface area (Å²) in [5.41, 5.74) is 2.79. The van der Waals surface area contributed by atoms with Crippen LogP contribution in [0.4, 0.5) is 5.69 Å². The zero-order chi connectivity index (χ0) is 12.7. The van der Waals surface area contributed by atoms with Crippen LogP contribution in [0.15, 0.2) is 35.9 Å². The van der Waals surface area contributed by atoms with E-state index in [1.54, 1.807) is 14.0 Å². The van der Waals surface area contributed by atoms with Crippen molar-refractivity contribution in [3.05, 3.63) is 41.5 Å². The molecule has 0 aliphatic carbocycles. The number of methoxy groups -OCH3 is 1. The first kappa shape index (κ1) is 13.3. The van der Waals surface area contributed by atoms with Crippen LogP contribution in [0.2, 0.25) is 0 Å². The highest BCUT2D eigenvalue weighted by atomic mass is 16.5. The summed E-state index contributed by atoms with van der Waals surface area (Å²) in [4.78, 5) is 10.5. The number of aliphatic carboxylic acids is 1. The molecule has 0 fully saturated rings. The lowest BCUT2D eigenvalue weighted by Gasteiger charge is -2.11. The highest BCUT2D eigenvalue weighted by Crippen LogP contribution is 2.16. The average Bonchev–Trinajstić information content (AvgIpc) is 2.27. The number of carbonyl (C=O) groups is 1. The van der Waals surface area contributed by atoms with Crippen LogP contribution >= 0.6 is 0 Å². The monoisotopic (exact) mass is 235 g/mol. The summed E-state index contributed by atoms with van der Waals surface area (Å²) in [5.74, 6) is -0.922. The molecule has 0 saturated heterocycles. The van der Waals surface area contributed by atoms with Crippen LogP contribution < -0.4 is 5.32 Å². The molecule has 1 rings (SSSR count). The van der Waals surface area contributed by atoms with Gasteiger partial charge in [-0.25, -0.2) is 4.79 Å². The molecule has 4 nitrogen and oxygen atoms in total. The quantitative estimate of drug-likeness (QED) is 0.743. The molecule has 4 heteroatoms. The van der Waals surface area contributed by atoms with Crippen molar-refractivity contribution in [2.24, 2.45) is 0 Å². The highest BCUT2D eigenvalue weighted by Gasteiger charge is 2.01. The normalized spacial score (nSPS) is 11.3. The van der Waals surface area contributed by atoms with Gasteiger partial charge in [-0.05, 0) is 18.6 Å². The number of hydrogen-bond donors (Lipinski definition) is 2. The van der Waals surface area contributed by atoms with Crippen molar-refractivity contribution >= 4 is 11.7 Å². The van der Waals surface area contributed by atoms with Gasteiger partial charge in [0.25, 0.3) is 0 Å². The Morgan fingerprint density at radius 1 is 1.47 bits per heavy atom. The van der Waals surface area contributed by atoms with E-state index in [2.05, 4.69) is 5.32 Å². The Labute approximate surface area is 101 Å². The van der Waals surface area contributed by atoms with E-state index in [0.717, 1.165) is 16.8 Å². The molecule has 0 heterocycles. The van der Waals surface area contributed by atoms with Gasteiger partial charge in [-0.15, -0.1) is 0 Å². The van der Waals surface area contributed by atoms with E-state index in [4.69, 9.17) is 9.84 Å². The van der Waals surface area contributed by atoms with E-state index in [9.17, 15) is 4.79 Å². The van der Waals surface area contributed by atoms with E-state index in [-0.39, 0.29) is 0 Å². The third-order valence-corrected chi connectivity index (χ3v) is 2.24. The summed E-state index contributed by atoms with van der Waals surface area (Å²) < 4.78 is 5.09. The maximum Gasteiger partial charge on any atom is 0.328 e. The van der Waals surface area contributed by atoms with Crippen molar-refractivity contribution in [1.29, 1.82) is 0 Å². The van der Waals surface area contributed by atoms with Gasteiger partial charge in [-0.1, -0.05) is 18.2 Å². The SMILES string of the molecule is COCc1ccccc1NC/C(C)=C/C(=O)O. The molecule has 0 atom stereocenters. The first-order valence-corrected chi connectivity index (χ1v) is 5.34. The van der Waals surface area contributed by atoms with Gasteiger partial charge in [0, 0.05) is 31.0 Å². The standard InChI is InChI=1S/C13H17NO3/c1-10(7-13(15)16)8-14-12-6-4-3-5-11(12)9-17-2/h3-7,14H,8-9H2,1-2H3,(H,15,16)/b10-7+. The maximum atomic E-state index is 10.5. The van der Waals surface area contributed by atoms with Gasteiger partial charge in [0.2, 0.25) is 0 Å². The lowest BCUT2D eigenvalue weighted by molar-refractivity contribution is -0.131. The highest BCUT2D eigenvalue weighted by molar-refractivity contribution is 5.80. The Hall–Kier alpha value is -1.81. The molecule has 0 bridgehead atoms. The van der Waals surface area contributed by atoms with Crippen LogP contribution in [-0.4, -0.2) is 24.7 Å². The Morgan fingerprint density at radius 3 is 2.82 bits per heavy atom. The van der Waals surface area contributed by atoms with Gasteiger partial charge in [0.1, 0.15) is 0 Å². The van der Waals surface area contributed by atoms with E-state index in [0.29, 0.717) is 13.2 Å². The molecule has 1 aromatic rings. The molecule has 0 unspecified atom stereocenters. The number of hydrogen-bond acceptors (Lipinski definition) is 3. The Kier molecular flexibility index (Phi) is 5.23. The van der Waals surface area contributed by atoms with Crippen molar-refractivity contribution in [3.8, 4) is 0 Å². The third kappa shape index (κ3) is 4.70. The summed E-state index contributed by atoms with van der Waals surface area (Å²) in [6.45, 7) is 2.82. The number of carboxylic acids is 1. The van der Waals surface area contributed by atoms with Gasteiger partial charge in [0.05, 0.1) is 6.61 Å². The Balaban J connectivity index is 2.65. The molecule has 0 aliphatic heterocycles. The lowest BCUT2D eigenvalue weighted by atomic mass is 10.2. The van der Waals surface area contributed by atoms with Crippen LogP contribution in [0.5, 0.6) is 0 Å². The molecule has 92 valence electrons. The maximum absolute atomic E-state index is 10.5. The number of benzene rings is 1. The minimum absolute atomic E-state index is 0.507. The van der Waals surface area contributed by atoms with Gasteiger partial charge >= 0.3 is 5.97 Å². The van der Waals surface area contributed by atoms with E-state index >= 15 is 0 Å². The third-order valence-electron chi connectivity index (χ3n) is 2.24. The fraction of sp³-hybridized carbons (Fsp3) is 0.308. The lowest BCUT2D eigenvalue weighted by Crippen LogP contribution is -2.07. The zero-order valence-corrected chi connectivity index (χ0v) is 10.1. The Bertz CT molecular complexity index is 413. The second-order valence-electron chi connectivity index (χ2n) is 3.77. The molecule has 0 saturated carbocycles. The van der Waals surface area contributed by atoms with Gasteiger partial charge in [-0.2, -0.15) is 0 Å². The molecule has 2 N–H and O–H groups in total. The second-order valence-corrected chi connectivity index (χ2v) is 3.77. The summed E-state index contributed by atoms with van der Waals surface area (Å²) in [5, 5.41) is 11.8. The minimum Gasteiger partial charge on any atom is -0.478 e. The van der Waals surface area contributed by atoms with E-state index in [1.165, 1.54) is 6.08 Å². The minimum atomic E-state index is -0.922. The summed E-state index contributed by atoms with van der Waals surface area (Å²) in [6, 6.07) is 7.79. The molecule has 0 aliphatic rings. The number of carboxylic acid groups (broad SMARTS) is 1. The van der Waals surface area contributed by atoms with Crippen LogP contribution in [-0.2, 0) is 16.1 Å². The van der Waals surface area contributed by atoms with Crippen LogP contribution in [0.25, 0.3) is 0 Å². The number of nitrogens with one attached hydrogen (secondary N) is 1. The predicted octanol–water partition coefficient (Wildman–Crippen LogP) is 2.28. The fourth-order valence-electron chi connectivity index (χ4n) is 1.47. The summed E-state index contributed by atoms with van der Waals surface area (Å²) in [6.07, 6.45) is 1.20. The number of rotatable bonds is 6. The number of anilines is 1. The van der Waals surface area contributed by atoms with Crippen molar-refractivity contribution in [1.82, 2.24) is 0 Å². The van der Waals surface area contributed by atoms with Crippen molar-refractivity contribution < 1.29 is 14.6 Å². The molecular formula is C13H17NO3. The molecule has 1 aromatic carbocycles. The van der Waals surface area contributed by atoms with Gasteiger partial charge in [0.15, 0.2) is 0 Å². The number of ether oxygens (including phenoxy) is 1. The largest absolute Gasteiger partial charge is 0.478 e. The van der Waals surface area contributed by atoms with Gasteiger partial charge in [-0.3, -0.25) is 0 Å². The van der Waals surface area contributed by atoms with E-state index < -0.39 is 5.97 Å². The second kappa shape index (κ2) is 6.70. The topological polar surface area (TPSA) is 58.6 Å². The fourth-order valence-corrected chi connectivity index (χ4v) is 1.47. The molecule has 0 spiro atoms. The van der Waals surface area contributed by atoms with E-state index in [1.807, 2.05) is 24.3 Å². The first-order valence-electron chi connectivity index (χ1n) is 5.34. The molecule has 17 heavy (non-hydrogen) atoms. The van der Waals surface area contributed by atoms with Crippen LogP contribution in [0, 0.1) is 0 Å². The van der Waals surface area contributed by atoms with Gasteiger partial charge < -0.3 is 15.2 Å². The number of para-hydroxylation sites is 1. The van der Waals surface area contributed by atoms with Crippen molar-refractivity contribution in [3.63, 3.8) is 0 Å². The molecule has 0 radical (unpaired) electrons. The zero-order valence-electron chi connectivity index (χ0n) is 10.1. The summed E-state index contributed by atoms with van der Waals surface area (Å²) in [7, 11) is 1.65. The molecule has 0 aromatic heterocycles. The van der Waals surface area contributed by atoms with Crippen LogP contribution in [0.1, 0.15) is 12.5 Å². The van der Waals surface area contributed by atoms with Crippen molar-refractivity contribution in [2.45, 2.75) is 13.5 Å². The van der Waals surface area contributed by atoms with Crippen LogP contribution in [0.3, 0.4) is 0 Å². The molecule has 0 amide bonds. The predicted molar refractivity (Wildman–Crippen MR) is 67.0 cm³/mol.